The van der Waals surface area contributed by atoms with E-state index in [0.717, 1.165) is 0 Å². The maximum absolute atomic E-state index is 12.5. The van der Waals surface area contributed by atoms with Gasteiger partial charge in [-0.2, -0.15) is 5.26 Å². The van der Waals surface area contributed by atoms with Crippen LogP contribution >= 0.6 is 11.6 Å². The summed E-state index contributed by atoms with van der Waals surface area (Å²) in [5.74, 6) is -0.250. The lowest BCUT2D eigenvalue weighted by atomic mass is 9.92. The standard InChI is InChI=1S/C17H16ClN3O2/c1-17(2,11-21-10-13(18)6-7-15(21)22)16(23)20-14-5-3-4-12(8-14)9-19/h3-8,10H,11H2,1-2H3,(H,20,23). The summed E-state index contributed by atoms with van der Waals surface area (Å²) in [6.45, 7) is 3.67. The number of nitrogens with one attached hydrogen (secondary N) is 1. The van der Waals surface area contributed by atoms with E-state index in [1.807, 2.05) is 6.07 Å². The van der Waals surface area contributed by atoms with Gasteiger partial charge in [-0.3, -0.25) is 9.59 Å². The fourth-order valence-electron chi connectivity index (χ4n) is 2.09. The molecule has 0 unspecified atom stereocenters. The maximum Gasteiger partial charge on any atom is 0.250 e. The minimum absolute atomic E-state index is 0.191. The Labute approximate surface area is 139 Å². The van der Waals surface area contributed by atoms with Crippen molar-refractivity contribution in [2.24, 2.45) is 5.41 Å². The second kappa shape index (κ2) is 6.67. The summed E-state index contributed by atoms with van der Waals surface area (Å²) < 4.78 is 1.41. The number of nitrogens with zero attached hydrogens (tertiary/aromatic N) is 2. The monoisotopic (exact) mass is 329 g/mol. The lowest BCUT2D eigenvalue weighted by Gasteiger charge is -2.24. The van der Waals surface area contributed by atoms with Crippen LogP contribution in [-0.2, 0) is 11.3 Å². The van der Waals surface area contributed by atoms with Crippen molar-refractivity contribution in [3.8, 4) is 6.07 Å². The third kappa shape index (κ3) is 4.21. The Morgan fingerprint density at radius 1 is 1.35 bits per heavy atom. The predicted molar refractivity (Wildman–Crippen MR) is 89.3 cm³/mol. The van der Waals surface area contributed by atoms with E-state index in [2.05, 4.69) is 5.32 Å². The van der Waals surface area contributed by atoms with Gasteiger partial charge in [-0.05, 0) is 38.1 Å². The summed E-state index contributed by atoms with van der Waals surface area (Å²) in [5.41, 5.74) is -0.0501. The molecule has 0 atom stereocenters. The van der Waals surface area contributed by atoms with Crippen LogP contribution in [0.4, 0.5) is 5.69 Å². The molecule has 6 heteroatoms. The minimum Gasteiger partial charge on any atom is -0.326 e. The summed E-state index contributed by atoms with van der Waals surface area (Å²) in [4.78, 5) is 24.3. The first-order valence-electron chi connectivity index (χ1n) is 6.99. The highest BCUT2D eigenvalue weighted by Gasteiger charge is 2.28. The summed E-state index contributed by atoms with van der Waals surface area (Å²) in [6.07, 6.45) is 1.51. The van der Waals surface area contributed by atoms with Gasteiger partial charge in [0.15, 0.2) is 0 Å². The quantitative estimate of drug-likeness (QED) is 0.936. The summed E-state index contributed by atoms with van der Waals surface area (Å²) in [7, 11) is 0. The van der Waals surface area contributed by atoms with Crippen LogP contribution in [0.3, 0.4) is 0 Å². The second-order valence-corrected chi connectivity index (χ2v) is 6.28. The maximum atomic E-state index is 12.5. The molecule has 0 aliphatic carbocycles. The van der Waals surface area contributed by atoms with Gasteiger partial charge in [-0.15, -0.1) is 0 Å². The molecule has 1 heterocycles. The Balaban J connectivity index is 2.18. The lowest BCUT2D eigenvalue weighted by Crippen LogP contribution is -2.37. The number of carbonyl (C=O) groups is 1. The number of halogens is 1. The molecule has 0 bridgehead atoms. The van der Waals surface area contributed by atoms with Gasteiger partial charge in [0.25, 0.3) is 5.56 Å². The van der Waals surface area contributed by atoms with Crippen LogP contribution in [-0.4, -0.2) is 10.5 Å². The fraction of sp³-hybridized carbons (Fsp3) is 0.235. The third-order valence-electron chi connectivity index (χ3n) is 3.38. The van der Waals surface area contributed by atoms with Crippen LogP contribution in [0.1, 0.15) is 19.4 Å². The SMILES string of the molecule is CC(C)(Cn1cc(Cl)ccc1=O)C(=O)Nc1cccc(C#N)c1. The summed E-state index contributed by atoms with van der Waals surface area (Å²) in [6, 6.07) is 11.6. The molecule has 2 rings (SSSR count). The molecule has 118 valence electrons. The molecule has 0 radical (unpaired) electrons. The highest BCUT2D eigenvalue weighted by atomic mass is 35.5. The van der Waals surface area contributed by atoms with E-state index in [-0.39, 0.29) is 18.0 Å². The molecular formula is C17H16ClN3O2. The minimum atomic E-state index is -0.836. The van der Waals surface area contributed by atoms with Crippen LogP contribution < -0.4 is 10.9 Å². The zero-order valence-electron chi connectivity index (χ0n) is 12.8. The van der Waals surface area contributed by atoms with Gasteiger partial charge in [0.05, 0.1) is 22.1 Å². The molecule has 0 fully saturated rings. The Bertz CT molecular complexity index is 834. The van der Waals surface area contributed by atoms with Crippen molar-refractivity contribution in [3.63, 3.8) is 0 Å². The Kier molecular flexibility index (Phi) is 4.87. The normalized spacial score (nSPS) is 10.9. The molecule has 2 aromatic rings. The van der Waals surface area contributed by atoms with Crippen molar-refractivity contribution in [2.75, 3.05) is 5.32 Å². The van der Waals surface area contributed by atoms with E-state index in [4.69, 9.17) is 16.9 Å². The molecule has 0 saturated carbocycles. The number of aromatic nitrogens is 1. The number of benzene rings is 1. The average Bonchev–Trinajstić information content (AvgIpc) is 2.51. The molecule has 23 heavy (non-hydrogen) atoms. The fourth-order valence-corrected chi connectivity index (χ4v) is 2.27. The van der Waals surface area contributed by atoms with Gasteiger partial charge in [-0.1, -0.05) is 17.7 Å². The van der Waals surface area contributed by atoms with E-state index >= 15 is 0 Å². The zero-order chi connectivity index (χ0) is 17.0. The van der Waals surface area contributed by atoms with E-state index in [0.29, 0.717) is 16.3 Å². The van der Waals surface area contributed by atoms with Crippen molar-refractivity contribution < 1.29 is 4.79 Å². The molecular weight excluding hydrogens is 314 g/mol. The highest BCUT2D eigenvalue weighted by molar-refractivity contribution is 6.30. The van der Waals surface area contributed by atoms with Crippen molar-refractivity contribution in [2.45, 2.75) is 20.4 Å². The second-order valence-electron chi connectivity index (χ2n) is 5.84. The van der Waals surface area contributed by atoms with Crippen molar-refractivity contribution in [3.05, 3.63) is 63.5 Å². The largest absolute Gasteiger partial charge is 0.326 e. The average molecular weight is 330 g/mol. The Morgan fingerprint density at radius 3 is 2.78 bits per heavy atom. The van der Waals surface area contributed by atoms with Crippen LogP contribution in [0.25, 0.3) is 0 Å². The first-order chi connectivity index (χ1) is 10.8. The summed E-state index contributed by atoms with van der Waals surface area (Å²) in [5, 5.41) is 12.1. The Hall–Kier alpha value is -2.58. The van der Waals surface area contributed by atoms with Gasteiger partial charge in [-0.25, -0.2) is 0 Å². The number of nitriles is 1. The number of pyridine rings is 1. The van der Waals surface area contributed by atoms with Gasteiger partial charge in [0.1, 0.15) is 0 Å². The molecule has 0 aliphatic heterocycles. The summed E-state index contributed by atoms with van der Waals surface area (Å²) >= 11 is 5.90. The number of carbonyl (C=O) groups excluding carboxylic acids is 1. The number of hydrogen-bond donors (Lipinski definition) is 1. The van der Waals surface area contributed by atoms with E-state index < -0.39 is 5.41 Å². The Morgan fingerprint density at radius 2 is 2.09 bits per heavy atom. The van der Waals surface area contributed by atoms with Gasteiger partial charge < -0.3 is 9.88 Å². The van der Waals surface area contributed by atoms with Crippen molar-refractivity contribution in [1.29, 1.82) is 5.26 Å². The van der Waals surface area contributed by atoms with Crippen LogP contribution in [0.2, 0.25) is 5.02 Å². The molecule has 1 aromatic heterocycles. The van der Waals surface area contributed by atoms with Gasteiger partial charge >= 0.3 is 0 Å². The number of anilines is 1. The lowest BCUT2D eigenvalue weighted by molar-refractivity contribution is -0.124. The molecule has 0 aliphatic rings. The third-order valence-corrected chi connectivity index (χ3v) is 3.60. The predicted octanol–water partition coefficient (Wildman–Crippen LogP) is 3.04. The molecule has 1 amide bonds. The van der Waals surface area contributed by atoms with Gasteiger partial charge in [0, 0.05) is 24.5 Å². The molecule has 0 spiro atoms. The zero-order valence-corrected chi connectivity index (χ0v) is 13.6. The van der Waals surface area contributed by atoms with Crippen LogP contribution in [0.15, 0.2) is 47.4 Å². The van der Waals surface area contributed by atoms with Crippen LogP contribution in [0.5, 0.6) is 0 Å². The first kappa shape index (κ1) is 16.8. The van der Waals surface area contributed by atoms with Crippen molar-refractivity contribution in [1.82, 2.24) is 4.57 Å². The van der Waals surface area contributed by atoms with E-state index in [1.165, 1.54) is 22.9 Å². The number of hydrogen-bond acceptors (Lipinski definition) is 3. The molecule has 0 saturated heterocycles. The molecule has 1 N–H and O–H groups in total. The number of amides is 1. The van der Waals surface area contributed by atoms with Gasteiger partial charge in [0.2, 0.25) is 5.91 Å². The van der Waals surface area contributed by atoms with Crippen LogP contribution in [0, 0.1) is 16.7 Å². The first-order valence-corrected chi connectivity index (χ1v) is 7.37. The van der Waals surface area contributed by atoms with E-state index in [1.54, 1.807) is 38.1 Å². The molecule has 1 aromatic carbocycles. The number of rotatable bonds is 4. The smallest absolute Gasteiger partial charge is 0.250 e. The topological polar surface area (TPSA) is 74.9 Å². The van der Waals surface area contributed by atoms with E-state index in [9.17, 15) is 9.59 Å². The molecule has 5 nitrogen and oxygen atoms in total. The van der Waals surface area contributed by atoms with Crippen molar-refractivity contribution >= 4 is 23.2 Å². The highest BCUT2D eigenvalue weighted by Crippen LogP contribution is 2.21.